The predicted molar refractivity (Wildman–Crippen MR) is 289 cm³/mol. The van der Waals surface area contributed by atoms with E-state index in [2.05, 4.69) is 240 Å². The van der Waals surface area contributed by atoms with Crippen molar-refractivity contribution in [1.82, 2.24) is 4.57 Å². The molecule has 4 heteroatoms. The summed E-state index contributed by atoms with van der Waals surface area (Å²) in [5.41, 5.74) is 15.7. The average Bonchev–Trinajstić information content (AvgIpc) is 4.09. The van der Waals surface area contributed by atoms with Crippen LogP contribution in [0.3, 0.4) is 0 Å². The van der Waals surface area contributed by atoms with E-state index in [-0.39, 0.29) is 0 Å². The summed E-state index contributed by atoms with van der Waals surface area (Å²) in [5, 5.41) is 9.73. The number of nitrogens with zero attached hydrogens (tertiary/aromatic N) is 2. The van der Waals surface area contributed by atoms with Gasteiger partial charge < -0.3 is 13.9 Å². The molecule has 11 aromatic carbocycles. The van der Waals surface area contributed by atoms with Crippen LogP contribution in [-0.2, 0) is 0 Å². The quantitative estimate of drug-likeness (QED) is 0.159. The molecule has 68 heavy (non-hydrogen) atoms. The maximum atomic E-state index is 6.51. The Bertz CT molecular complexity index is 4250. The normalized spacial score (nSPS) is 11.8. The number of furan rings is 1. The number of hydrogen-bond acceptors (Lipinski definition) is 3. The number of rotatable bonds is 7. The van der Waals surface area contributed by atoms with E-state index in [0.717, 1.165) is 55.8 Å². The fourth-order valence-corrected chi connectivity index (χ4v) is 11.8. The molecule has 0 fully saturated rings. The van der Waals surface area contributed by atoms with Crippen LogP contribution in [0.15, 0.2) is 247 Å². The monoisotopic (exact) mass is 884 g/mol. The van der Waals surface area contributed by atoms with Gasteiger partial charge >= 0.3 is 0 Å². The number of hydrogen-bond donors (Lipinski definition) is 0. The number of benzene rings is 11. The Kier molecular flexibility index (Phi) is 8.76. The van der Waals surface area contributed by atoms with E-state index in [1.54, 1.807) is 0 Å². The van der Waals surface area contributed by atoms with Gasteiger partial charge in [0.1, 0.15) is 11.2 Å². The first-order valence-corrected chi connectivity index (χ1v) is 24.0. The molecule has 14 aromatic rings. The summed E-state index contributed by atoms with van der Waals surface area (Å²) >= 11 is 1.88. The Hall–Kier alpha value is -8.70. The second-order valence-electron chi connectivity index (χ2n) is 17.6. The van der Waals surface area contributed by atoms with Crippen molar-refractivity contribution in [2.75, 3.05) is 4.90 Å². The number of fused-ring (bicyclic) bond motifs is 10. The van der Waals surface area contributed by atoms with Crippen LogP contribution < -0.4 is 4.90 Å². The third-order valence-electron chi connectivity index (χ3n) is 13.8. The molecule has 0 saturated carbocycles. The largest absolute Gasteiger partial charge is 0.455 e. The number of para-hydroxylation sites is 4. The van der Waals surface area contributed by atoms with E-state index >= 15 is 0 Å². The van der Waals surface area contributed by atoms with Gasteiger partial charge in [-0.3, -0.25) is 0 Å². The lowest BCUT2D eigenvalue weighted by Crippen LogP contribution is -2.10. The molecule has 0 amide bonds. The van der Waals surface area contributed by atoms with Crippen LogP contribution in [-0.4, -0.2) is 4.57 Å². The number of aromatic nitrogens is 1. The molecule has 318 valence electrons. The van der Waals surface area contributed by atoms with Crippen molar-refractivity contribution in [3.05, 3.63) is 243 Å². The summed E-state index contributed by atoms with van der Waals surface area (Å²) in [6, 6.07) is 88.2. The topological polar surface area (TPSA) is 21.3 Å². The van der Waals surface area contributed by atoms with Gasteiger partial charge in [0.05, 0.1) is 16.7 Å². The van der Waals surface area contributed by atoms with Gasteiger partial charge in [0.2, 0.25) is 0 Å². The van der Waals surface area contributed by atoms with Gasteiger partial charge in [0.15, 0.2) is 0 Å². The minimum absolute atomic E-state index is 0.902. The maximum absolute atomic E-state index is 6.51. The SMILES string of the molecule is c1ccc(-n2c3ccccc3c3cc(-c4ccc(N(c5ccc(-c6cccc7c6oc6ccccc67)cc5)c5ccc(-c6ccc7ccccc7c6)c6sc7ccccc7c56)cc4)ccc32)cc1. The van der Waals surface area contributed by atoms with E-state index in [1.165, 1.54) is 75.0 Å². The molecule has 0 spiro atoms. The summed E-state index contributed by atoms with van der Waals surface area (Å²) in [4.78, 5) is 2.44. The first-order valence-electron chi connectivity index (χ1n) is 23.2. The third-order valence-corrected chi connectivity index (χ3v) is 15.0. The standard InChI is InChI=1S/C64H40N2OS/c1-2-15-47(16-3-1)66-57-22-9-6-17-52(57)56-40-45(31-37-58(56)66)42-27-32-48(33-28-42)65(49-34-29-43(30-35-49)50-20-12-21-54-53-18-7-10-23-60(53)67-63(50)54)59-38-36-51(46-26-25-41-13-4-5-14-44(41)39-46)64-62(59)55-19-8-11-24-61(55)68-64/h1-40H. The highest BCUT2D eigenvalue weighted by molar-refractivity contribution is 7.26. The molecule has 0 aliphatic carbocycles. The fraction of sp³-hybridized carbons (Fsp3) is 0. The van der Waals surface area contributed by atoms with Crippen LogP contribution in [0.4, 0.5) is 17.1 Å². The van der Waals surface area contributed by atoms with E-state index < -0.39 is 0 Å². The minimum atomic E-state index is 0.902. The highest BCUT2D eigenvalue weighted by atomic mass is 32.1. The first-order chi connectivity index (χ1) is 33.7. The molecule has 0 radical (unpaired) electrons. The molecule has 0 unspecified atom stereocenters. The number of anilines is 3. The molecule has 14 rings (SSSR count). The van der Waals surface area contributed by atoms with E-state index in [9.17, 15) is 0 Å². The van der Waals surface area contributed by atoms with Crippen molar-refractivity contribution in [3.8, 4) is 39.1 Å². The minimum Gasteiger partial charge on any atom is -0.455 e. The predicted octanol–water partition coefficient (Wildman–Crippen LogP) is 18.7. The molecule has 0 saturated heterocycles. The van der Waals surface area contributed by atoms with Crippen LogP contribution in [0.2, 0.25) is 0 Å². The highest BCUT2D eigenvalue weighted by Crippen LogP contribution is 2.49. The second-order valence-corrected chi connectivity index (χ2v) is 18.7. The molecule has 0 atom stereocenters. The molecule has 0 bridgehead atoms. The van der Waals surface area contributed by atoms with Crippen molar-refractivity contribution >= 4 is 103 Å². The second kappa shape index (κ2) is 15.5. The van der Waals surface area contributed by atoms with Crippen LogP contribution in [0.1, 0.15) is 0 Å². The summed E-state index contributed by atoms with van der Waals surface area (Å²) in [6.45, 7) is 0. The van der Waals surface area contributed by atoms with Gasteiger partial charge in [-0.05, 0) is 117 Å². The Morgan fingerprint density at radius 1 is 0.382 bits per heavy atom. The summed E-state index contributed by atoms with van der Waals surface area (Å²) in [5.74, 6) is 0. The highest BCUT2D eigenvalue weighted by Gasteiger charge is 2.22. The lowest BCUT2D eigenvalue weighted by atomic mass is 9.97. The van der Waals surface area contributed by atoms with Crippen molar-refractivity contribution < 1.29 is 4.42 Å². The van der Waals surface area contributed by atoms with Gasteiger partial charge in [-0.2, -0.15) is 0 Å². The van der Waals surface area contributed by atoms with Crippen molar-refractivity contribution in [2.45, 2.75) is 0 Å². The zero-order valence-electron chi connectivity index (χ0n) is 36.8. The molecular weight excluding hydrogens is 845 g/mol. The smallest absolute Gasteiger partial charge is 0.143 e. The lowest BCUT2D eigenvalue weighted by molar-refractivity contribution is 0.670. The Morgan fingerprint density at radius 2 is 1.03 bits per heavy atom. The van der Waals surface area contributed by atoms with Crippen molar-refractivity contribution in [2.24, 2.45) is 0 Å². The summed E-state index contributed by atoms with van der Waals surface area (Å²) < 4.78 is 11.4. The lowest BCUT2D eigenvalue weighted by Gasteiger charge is -2.27. The van der Waals surface area contributed by atoms with Crippen LogP contribution in [0, 0.1) is 0 Å². The molecule has 0 N–H and O–H groups in total. The van der Waals surface area contributed by atoms with Crippen LogP contribution in [0.25, 0.3) is 114 Å². The third kappa shape index (κ3) is 6.12. The molecule has 3 aromatic heterocycles. The van der Waals surface area contributed by atoms with E-state index in [1.807, 2.05) is 23.5 Å². The molecule has 0 aliphatic heterocycles. The Labute approximate surface area is 396 Å². The molecule has 3 nitrogen and oxygen atoms in total. The van der Waals surface area contributed by atoms with Crippen LogP contribution in [0.5, 0.6) is 0 Å². The van der Waals surface area contributed by atoms with Crippen molar-refractivity contribution in [1.29, 1.82) is 0 Å². The van der Waals surface area contributed by atoms with Gasteiger partial charge in [-0.1, -0.05) is 164 Å². The maximum Gasteiger partial charge on any atom is 0.143 e. The fourth-order valence-electron chi connectivity index (χ4n) is 10.6. The van der Waals surface area contributed by atoms with E-state index in [4.69, 9.17) is 4.42 Å². The van der Waals surface area contributed by atoms with Gasteiger partial charge in [0.25, 0.3) is 0 Å². The number of thiophene rings is 1. The summed E-state index contributed by atoms with van der Waals surface area (Å²) in [7, 11) is 0. The first kappa shape index (κ1) is 38.6. The Balaban J connectivity index is 0.932. The van der Waals surface area contributed by atoms with E-state index in [0.29, 0.717) is 0 Å². The van der Waals surface area contributed by atoms with Gasteiger partial charge in [-0.25, -0.2) is 0 Å². The zero-order valence-corrected chi connectivity index (χ0v) is 37.6. The molecule has 0 aliphatic rings. The molecule has 3 heterocycles. The average molecular weight is 885 g/mol. The van der Waals surface area contributed by atoms with Crippen molar-refractivity contribution in [3.63, 3.8) is 0 Å². The zero-order chi connectivity index (χ0) is 44.7. The van der Waals surface area contributed by atoms with Gasteiger partial charge in [-0.15, -0.1) is 11.3 Å². The Morgan fingerprint density at radius 3 is 1.87 bits per heavy atom. The summed E-state index contributed by atoms with van der Waals surface area (Å²) in [6.07, 6.45) is 0. The molecular formula is C64H40N2OS. The van der Waals surface area contributed by atoms with Crippen LogP contribution >= 0.6 is 11.3 Å². The van der Waals surface area contributed by atoms with Gasteiger partial charge in [0, 0.05) is 64.3 Å².